The smallest absolute Gasteiger partial charge is 0.225 e. The van der Waals surface area contributed by atoms with E-state index in [1.165, 1.54) is 25.7 Å². The molecule has 110 valence electrons. The normalized spacial score (nSPS) is 23.3. The average molecular weight is 268 g/mol. The minimum absolute atomic E-state index is 0.253. The van der Waals surface area contributed by atoms with Crippen LogP contribution in [0.3, 0.4) is 0 Å². The summed E-state index contributed by atoms with van der Waals surface area (Å²) in [5.41, 5.74) is 0. The highest BCUT2D eigenvalue weighted by molar-refractivity contribution is 5.79. The first kappa shape index (κ1) is 14.8. The molecule has 1 N–H and O–H groups in total. The number of aliphatic hydroxyl groups excluding tert-OH is 1. The van der Waals surface area contributed by atoms with Gasteiger partial charge in [-0.25, -0.2) is 0 Å². The standard InChI is InChI=1S/C15H28N2O2/c18-13-5-8-16-11-6-14(7-12-16)15(19)17-9-3-1-2-4-10-17/h14,18H,1-13H2. The largest absolute Gasteiger partial charge is 0.396 e. The molecule has 0 spiro atoms. The van der Waals surface area contributed by atoms with Crippen LogP contribution in [-0.2, 0) is 4.79 Å². The lowest BCUT2D eigenvalue weighted by molar-refractivity contribution is -0.137. The molecule has 2 rings (SSSR count). The number of carbonyl (C=O) groups excluding carboxylic acids is 1. The Hall–Kier alpha value is -0.610. The SMILES string of the molecule is O=C(C1CCN(CCCO)CC1)N1CCCCCC1. The summed E-state index contributed by atoms with van der Waals surface area (Å²) in [7, 11) is 0. The Morgan fingerprint density at radius 3 is 2.21 bits per heavy atom. The maximum atomic E-state index is 12.5. The molecule has 0 aliphatic carbocycles. The van der Waals surface area contributed by atoms with Gasteiger partial charge in [-0.1, -0.05) is 12.8 Å². The highest BCUT2D eigenvalue weighted by Crippen LogP contribution is 2.21. The zero-order chi connectivity index (χ0) is 13.5. The van der Waals surface area contributed by atoms with Crippen LogP contribution in [0.1, 0.15) is 44.9 Å². The number of piperidine rings is 1. The molecule has 0 atom stereocenters. The summed E-state index contributed by atoms with van der Waals surface area (Å²) in [6.45, 7) is 5.23. The van der Waals surface area contributed by atoms with Gasteiger partial charge in [-0.05, 0) is 45.2 Å². The fraction of sp³-hybridized carbons (Fsp3) is 0.933. The second-order valence-corrected chi connectivity index (χ2v) is 5.93. The van der Waals surface area contributed by atoms with Crippen LogP contribution in [0.5, 0.6) is 0 Å². The quantitative estimate of drug-likeness (QED) is 0.840. The van der Waals surface area contributed by atoms with Crippen LogP contribution in [0.2, 0.25) is 0 Å². The minimum atomic E-state index is 0.253. The Balaban J connectivity index is 1.75. The molecule has 1 amide bonds. The Morgan fingerprint density at radius 1 is 1.00 bits per heavy atom. The second-order valence-electron chi connectivity index (χ2n) is 5.93. The van der Waals surface area contributed by atoms with E-state index in [1.54, 1.807) is 0 Å². The Kier molecular flexibility index (Phi) is 6.11. The van der Waals surface area contributed by atoms with Crippen molar-refractivity contribution in [3.63, 3.8) is 0 Å². The van der Waals surface area contributed by atoms with Crippen molar-refractivity contribution >= 4 is 5.91 Å². The van der Waals surface area contributed by atoms with E-state index >= 15 is 0 Å². The Labute approximate surface area is 116 Å². The number of likely N-dealkylation sites (tertiary alicyclic amines) is 2. The maximum Gasteiger partial charge on any atom is 0.225 e. The second kappa shape index (κ2) is 7.85. The molecule has 0 aromatic rings. The molecule has 2 heterocycles. The third-order valence-electron chi connectivity index (χ3n) is 4.49. The molecule has 2 fully saturated rings. The van der Waals surface area contributed by atoms with Crippen LogP contribution in [0.4, 0.5) is 0 Å². The lowest BCUT2D eigenvalue weighted by Crippen LogP contribution is -2.43. The summed E-state index contributed by atoms with van der Waals surface area (Å²) < 4.78 is 0. The first-order valence-electron chi connectivity index (χ1n) is 7.93. The van der Waals surface area contributed by atoms with Crippen molar-refractivity contribution < 1.29 is 9.90 Å². The van der Waals surface area contributed by atoms with Gasteiger partial charge in [0.05, 0.1) is 0 Å². The van der Waals surface area contributed by atoms with Crippen LogP contribution < -0.4 is 0 Å². The van der Waals surface area contributed by atoms with Gasteiger partial charge in [0.2, 0.25) is 5.91 Å². The number of aliphatic hydroxyl groups is 1. The molecule has 0 aromatic carbocycles. The highest BCUT2D eigenvalue weighted by atomic mass is 16.3. The van der Waals surface area contributed by atoms with Crippen molar-refractivity contribution in [1.29, 1.82) is 0 Å². The first-order chi connectivity index (χ1) is 9.31. The Morgan fingerprint density at radius 2 is 1.63 bits per heavy atom. The summed E-state index contributed by atoms with van der Waals surface area (Å²) in [6, 6.07) is 0. The average Bonchev–Trinajstić information content (AvgIpc) is 2.74. The third-order valence-corrected chi connectivity index (χ3v) is 4.49. The summed E-state index contributed by atoms with van der Waals surface area (Å²) in [5, 5.41) is 8.85. The molecule has 0 saturated carbocycles. The van der Waals surface area contributed by atoms with Gasteiger partial charge in [0, 0.05) is 32.2 Å². The van der Waals surface area contributed by atoms with Gasteiger partial charge >= 0.3 is 0 Å². The third kappa shape index (κ3) is 4.46. The van der Waals surface area contributed by atoms with Crippen molar-refractivity contribution in [3.8, 4) is 0 Å². The van der Waals surface area contributed by atoms with E-state index in [-0.39, 0.29) is 12.5 Å². The number of hydrogen-bond donors (Lipinski definition) is 1. The van der Waals surface area contributed by atoms with E-state index < -0.39 is 0 Å². The van der Waals surface area contributed by atoms with Gasteiger partial charge in [-0.3, -0.25) is 4.79 Å². The maximum absolute atomic E-state index is 12.5. The van der Waals surface area contributed by atoms with E-state index in [9.17, 15) is 4.79 Å². The zero-order valence-electron chi connectivity index (χ0n) is 12.0. The molecule has 2 aliphatic heterocycles. The summed E-state index contributed by atoms with van der Waals surface area (Å²) in [5.74, 6) is 0.659. The van der Waals surface area contributed by atoms with Crippen molar-refractivity contribution in [2.24, 2.45) is 5.92 Å². The van der Waals surface area contributed by atoms with Gasteiger partial charge in [0.1, 0.15) is 0 Å². The molecule has 2 aliphatic rings. The van der Waals surface area contributed by atoms with E-state index in [0.29, 0.717) is 5.91 Å². The van der Waals surface area contributed by atoms with Crippen LogP contribution in [0, 0.1) is 5.92 Å². The van der Waals surface area contributed by atoms with Gasteiger partial charge in [0.25, 0.3) is 0 Å². The molecule has 2 saturated heterocycles. The van der Waals surface area contributed by atoms with E-state index in [1.807, 2.05) is 0 Å². The topological polar surface area (TPSA) is 43.8 Å². The van der Waals surface area contributed by atoms with Crippen molar-refractivity contribution in [3.05, 3.63) is 0 Å². The molecule has 19 heavy (non-hydrogen) atoms. The molecule has 4 heteroatoms. The van der Waals surface area contributed by atoms with Gasteiger partial charge in [0.15, 0.2) is 0 Å². The predicted octanol–water partition coefficient (Wildman–Crippen LogP) is 1.48. The number of nitrogens with zero attached hydrogens (tertiary/aromatic N) is 2. The highest BCUT2D eigenvalue weighted by Gasteiger charge is 2.28. The molecule has 0 bridgehead atoms. The number of rotatable bonds is 4. The molecule has 0 unspecified atom stereocenters. The van der Waals surface area contributed by atoms with E-state index in [0.717, 1.165) is 52.0 Å². The first-order valence-corrected chi connectivity index (χ1v) is 7.93. The van der Waals surface area contributed by atoms with Crippen LogP contribution in [0.15, 0.2) is 0 Å². The van der Waals surface area contributed by atoms with Crippen LogP contribution in [0.25, 0.3) is 0 Å². The lowest BCUT2D eigenvalue weighted by atomic mass is 9.95. The molecular formula is C15H28N2O2. The molecular weight excluding hydrogens is 240 g/mol. The van der Waals surface area contributed by atoms with Gasteiger partial charge in [-0.2, -0.15) is 0 Å². The predicted molar refractivity (Wildman–Crippen MR) is 75.9 cm³/mol. The molecule has 0 radical (unpaired) electrons. The van der Waals surface area contributed by atoms with Crippen molar-refractivity contribution in [1.82, 2.24) is 9.80 Å². The number of carbonyl (C=O) groups is 1. The van der Waals surface area contributed by atoms with Crippen molar-refractivity contribution in [2.75, 3.05) is 39.3 Å². The number of amides is 1. The van der Waals surface area contributed by atoms with Crippen molar-refractivity contribution in [2.45, 2.75) is 44.9 Å². The van der Waals surface area contributed by atoms with Gasteiger partial charge < -0.3 is 14.9 Å². The minimum Gasteiger partial charge on any atom is -0.396 e. The summed E-state index contributed by atoms with van der Waals surface area (Å²) in [6.07, 6.45) is 7.78. The summed E-state index contributed by atoms with van der Waals surface area (Å²) >= 11 is 0. The fourth-order valence-electron chi connectivity index (χ4n) is 3.25. The van der Waals surface area contributed by atoms with Gasteiger partial charge in [-0.15, -0.1) is 0 Å². The monoisotopic (exact) mass is 268 g/mol. The van der Waals surface area contributed by atoms with Crippen LogP contribution >= 0.6 is 0 Å². The summed E-state index contributed by atoms with van der Waals surface area (Å²) in [4.78, 5) is 17.0. The zero-order valence-corrected chi connectivity index (χ0v) is 12.0. The van der Waals surface area contributed by atoms with E-state index in [2.05, 4.69) is 9.80 Å². The molecule has 0 aromatic heterocycles. The fourth-order valence-corrected chi connectivity index (χ4v) is 3.25. The Bertz CT molecular complexity index is 267. The van der Waals surface area contributed by atoms with E-state index in [4.69, 9.17) is 5.11 Å². The van der Waals surface area contributed by atoms with Crippen LogP contribution in [-0.4, -0.2) is 60.1 Å². The lowest BCUT2D eigenvalue weighted by Gasteiger charge is -2.33. The molecule has 4 nitrogen and oxygen atoms in total. The number of hydrogen-bond acceptors (Lipinski definition) is 3.